The first-order chi connectivity index (χ1) is 14.2. The van der Waals surface area contributed by atoms with Gasteiger partial charge in [-0.05, 0) is 12.5 Å². The minimum Gasteiger partial charge on any atom is -0.506 e. The van der Waals surface area contributed by atoms with E-state index in [9.17, 15) is 37.0 Å². The molecule has 2 rings (SSSR count). The monoisotopic (exact) mass is 429 g/mol. The lowest BCUT2D eigenvalue weighted by atomic mass is 10.1. The molecule has 0 amide bonds. The van der Waals surface area contributed by atoms with Crippen molar-refractivity contribution in [2.24, 2.45) is 4.99 Å². The van der Waals surface area contributed by atoms with Gasteiger partial charge in [-0.25, -0.2) is 26.7 Å². The maximum absolute atomic E-state index is 14.0. The van der Waals surface area contributed by atoms with Crippen LogP contribution in [0, 0.1) is 29.1 Å². The third-order valence-corrected chi connectivity index (χ3v) is 3.94. The lowest BCUT2D eigenvalue weighted by molar-refractivity contribution is -0.137. The van der Waals surface area contributed by atoms with Gasteiger partial charge in [-0.2, -0.15) is 0 Å². The first-order valence-electron chi connectivity index (χ1n) is 8.55. The Kier molecular flexibility index (Phi) is 7.65. The normalized spacial score (nSPS) is 13.3. The number of carbonyl (C=O) groups is 1. The van der Waals surface area contributed by atoms with E-state index >= 15 is 0 Å². The molecule has 0 heterocycles. The molecule has 0 aliphatic carbocycles. The number of hydrogen-bond acceptors (Lipinski definition) is 5. The van der Waals surface area contributed by atoms with Crippen LogP contribution in [0.4, 0.5) is 22.0 Å². The summed E-state index contributed by atoms with van der Waals surface area (Å²) in [5.41, 5.74) is -2.18. The number of aliphatic imine (C=N–C) groups is 1. The Bertz CT molecular complexity index is 963. The molecule has 30 heavy (non-hydrogen) atoms. The lowest BCUT2D eigenvalue weighted by Gasteiger charge is -2.12. The molecule has 0 aromatic heterocycles. The number of rotatable bonds is 7. The van der Waals surface area contributed by atoms with Crippen molar-refractivity contribution in [3.8, 4) is 0 Å². The number of aliphatic hydroxyl groups is 2. The fourth-order valence-corrected chi connectivity index (χ4v) is 2.45. The number of esters is 1. The van der Waals surface area contributed by atoms with Crippen molar-refractivity contribution in [3.05, 3.63) is 76.1 Å². The van der Waals surface area contributed by atoms with E-state index in [0.717, 1.165) is 0 Å². The number of benzene rings is 2. The number of ether oxygens (including phenoxy) is 1. The second-order valence-electron chi connectivity index (χ2n) is 5.81. The minimum absolute atomic E-state index is 0.220. The molecule has 1 atom stereocenters. The molecule has 5 nitrogen and oxygen atoms in total. The van der Waals surface area contributed by atoms with E-state index in [0.29, 0.717) is 11.8 Å². The number of carbonyl (C=O) groups excluding carboxylic acids is 1. The number of aliphatic hydroxyl groups excluding tert-OH is 2. The zero-order valence-electron chi connectivity index (χ0n) is 15.5. The minimum atomic E-state index is -2.42. The summed E-state index contributed by atoms with van der Waals surface area (Å²) < 4.78 is 73.0. The zero-order valence-corrected chi connectivity index (χ0v) is 15.5. The van der Waals surface area contributed by atoms with E-state index in [-0.39, 0.29) is 6.61 Å². The quantitative estimate of drug-likeness (QED) is 0.133. The van der Waals surface area contributed by atoms with Crippen LogP contribution in [0.15, 0.2) is 40.9 Å². The van der Waals surface area contributed by atoms with Crippen molar-refractivity contribution in [1.29, 1.82) is 0 Å². The standard InChI is InChI=1S/C20H16F5NO4/c1-2-30-20(29)11(8-26-12(9-27)10-6-4-3-5-7-10)19(28)13-14(21)16(23)18(25)17(24)15(13)22/h3-8,12,27-28H,2,9H2,1H3. The van der Waals surface area contributed by atoms with Gasteiger partial charge in [0, 0.05) is 6.21 Å². The van der Waals surface area contributed by atoms with Crippen molar-refractivity contribution in [2.75, 3.05) is 13.2 Å². The van der Waals surface area contributed by atoms with Crippen molar-refractivity contribution in [1.82, 2.24) is 0 Å². The topological polar surface area (TPSA) is 79.1 Å². The molecule has 1 unspecified atom stereocenters. The molecule has 0 saturated carbocycles. The average molecular weight is 429 g/mol. The van der Waals surface area contributed by atoms with Crippen LogP contribution in [0.3, 0.4) is 0 Å². The maximum atomic E-state index is 14.0. The van der Waals surface area contributed by atoms with E-state index in [2.05, 4.69) is 9.73 Å². The van der Waals surface area contributed by atoms with Crippen LogP contribution in [-0.4, -0.2) is 35.6 Å². The Morgan fingerprint density at radius 3 is 2.07 bits per heavy atom. The summed E-state index contributed by atoms with van der Waals surface area (Å²) in [6.45, 7) is 0.630. The summed E-state index contributed by atoms with van der Waals surface area (Å²) in [6, 6.07) is 7.22. The Morgan fingerprint density at radius 1 is 1.03 bits per heavy atom. The van der Waals surface area contributed by atoms with E-state index in [1.807, 2.05) is 0 Å². The van der Waals surface area contributed by atoms with Crippen molar-refractivity contribution >= 4 is 17.9 Å². The Balaban J connectivity index is 2.65. The summed E-state index contributed by atoms with van der Waals surface area (Å²) in [4.78, 5) is 16.0. The molecular formula is C20H16F5NO4. The highest BCUT2D eigenvalue weighted by Gasteiger charge is 2.30. The number of hydrogen-bond donors (Lipinski definition) is 2. The molecule has 160 valence electrons. The fourth-order valence-electron chi connectivity index (χ4n) is 2.45. The molecule has 0 spiro atoms. The molecule has 0 aliphatic heterocycles. The highest BCUT2D eigenvalue weighted by molar-refractivity contribution is 6.15. The first-order valence-corrected chi connectivity index (χ1v) is 8.55. The molecule has 0 radical (unpaired) electrons. The summed E-state index contributed by atoms with van der Waals surface area (Å²) >= 11 is 0. The van der Waals surface area contributed by atoms with E-state index in [4.69, 9.17) is 0 Å². The van der Waals surface area contributed by atoms with Crippen LogP contribution in [0.2, 0.25) is 0 Å². The second-order valence-corrected chi connectivity index (χ2v) is 5.81. The van der Waals surface area contributed by atoms with Gasteiger partial charge >= 0.3 is 5.97 Å². The largest absolute Gasteiger partial charge is 0.506 e. The lowest BCUT2D eigenvalue weighted by Crippen LogP contribution is -2.15. The highest BCUT2D eigenvalue weighted by Crippen LogP contribution is 2.29. The summed E-state index contributed by atoms with van der Waals surface area (Å²) in [7, 11) is 0. The van der Waals surface area contributed by atoms with Crippen LogP contribution >= 0.6 is 0 Å². The summed E-state index contributed by atoms with van der Waals surface area (Å²) in [5, 5.41) is 19.7. The third kappa shape index (κ3) is 4.65. The fraction of sp³-hybridized carbons (Fsp3) is 0.200. The van der Waals surface area contributed by atoms with E-state index < -0.39 is 64.6 Å². The van der Waals surface area contributed by atoms with Gasteiger partial charge in [0.2, 0.25) is 5.82 Å². The summed E-state index contributed by atoms with van der Waals surface area (Å²) in [5.74, 6) is -14.6. The molecule has 2 aromatic carbocycles. The number of nitrogens with zero attached hydrogens (tertiary/aromatic N) is 1. The van der Waals surface area contributed by atoms with Crippen molar-refractivity contribution in [2.45, 2.75) is 13.0 Å². The van der Waals surface area contributed by atoms with Gasteiger partial charge in [0.25, 0.3) is 0 Å². The van der Waals surface area contributed by atoms with Crippen LogP contribution in [-0.2, 0) is 9.53 Å². The zero-order chi connectivity index (χ0) is 22.4. The van der Waals surface area contributed by atoms with Crippen LogP contribution in [0.5, 0.6) is 0 Å². The number of halogens is 5. The van der Waals surface area contributed by atoms with Gasteiger partial charge in [-0.1, -0.05) is 30.3 Å². The molecule has 0 saturated heterocycles. The van der Waals surface area contributed by atoms with E-state index in [1.54, 1.807) is 30.3 Å². The Labute approximate surface area is 167 Å². The summed E-state index contributed by atoms with van der Waals surface area (Å²) in [6.07, 6.45) is 0.638. The predicted octanol–water partition coefficient (Wildman–Crippen LogP) is 4.02. The van der Waals surface area contributed by atoms with Crippen LogP contribution in [0.1, 0.15) is 24.1 Å². The molecule has 2 aromatic rings. The smallest absolute Gasteiger partial charge is 0.343 e. The highest BCUT2D eigenvalue weighted by atomic mass is 19.2. The maximum Gasteiger partial charge on any atom is 0.343 e. The first kappa shape index (κ1) is 23.0. The van der Waals surface area contributed by atoms with Gasteiger partial charge in [-0.3, -0.25) is 4.99 Å². The van der Waals surface area contributed by atoms with Gasteiger partial charge in [0.1, 0.15) is 11.3 Å². The molecule has 10 heteroatoms. The van der Waals surface area contributed by atoms with E-state index in [1.165, 1.54) is 6.92 Å². The van der Waals surface area contributed by atoms with Crippen molar-refractivity contribution in [3.63, 3.8) is 0 Å². The molecule has 2 N–H and O–H groups in total. The van der Waals surface area contributed by atoms with Gasteiger partial charge in [0.05, 0.1) is 24.8 Å². The van der Waals surface area contributed by atoms with Crippen LogP contribution in [0.25, 0.3) is 5.76 Å². The van der Waals surface area contributed by atoms with Gasteiger partial charge in [0.15, 0.2) is 23.3 Å². The van der Waals surface area contributed by atoms with Crippen LogP contribution < -0.4 is 0 Å². The second kappa shape index (κ2) is 9.97. The SMILES string of the molecule is CCOC(=O)C(C=NC(CO)c1ccccc1)=C(O)c1c(F)c(F)c(F)c(F)c1F. The molecule has 0 bridgehead atoms. The Morgan fingerprint density at radius 2 is 1.57 bits per heavy atom. The third-order valence-electron chi connectivity index (χ3n) is 3.94. The van der Waals surface area contributed by atoms with Gasteiger partial charge in [-0.15, -0.1) is 0 Å². The average Bonchev–Trinajstić information content (AvgIpc) is 2.74. The van der Waals surface area contributed by atoms with Gasteiger partial charge < -0.3 is 14.9 Å². The molecule has 0 aliphatic rings. The Hall–Kier alpha value is -3.27. The molecular weight excluding hydrogens is 413 g/mol. The predicted molar refractivity (Wildman–Crippen MR) is 97.2 cm³/mol. The molecule has 0 fully saturated rings. The van der Waals surface area contributed by atoms with Crippen molar-refractivity contribution < 1.29 is 41.7 Å².